The molecule has 2 aromatic carbocycles. The second-order valence-electron chi connectivity index (χ2n) is 8.03. The summed E-state index contributed by atoms with van der Waals surface area (Å²) in [6.07, 6.45) is 2.57. The van der Waals surface area contributed by atoms with Crippen molar-refractivity contribution < 1.29 is 14.3 Å². The Morgan fingerprint density at radius 2 is 2.09 bits per heavy atom. The number of fused-ring (bicyclic) bond motifs is 1. The van der Waals surface area contributed by atoms with Gasteiger partial charge in [-0.2, -0.15) is 10.1 Å². The fourth-order valence-corrected chi connectivity index (χ4v) is 3.59. The SMILES string of the molecule is CC1(NC(=O)COc2ccc(-c3nc(Nc4ccc5[nH]ncc5c4)n[nH]3)cc2)CCOC1. The minimum Gasteiger partial charge on any atom is -0.484 e. The maximum absolute atomic E-state index is 12.1. The molecule has 0 radical (unpaired) electrons. The van der Waals surface area contributed by atoms with Gasteiger partial charge in [-0.25, -0.2) is 0 Å². The number of nitrogens with zero attached hydrogens (tertiary/aromatic N) is 3. The summed E-state index contributed by atoms with van der Waals surface area (Å²) < 4.78 is 11.0. The number of anilines is 2. The molecule has 4 N–H and O–H groups in total. The number of ether oxygens (including phenoxy) is 2. The van der Waals surface area contributed by atoms with Gasteiger partial charge in [0.25, 0.3) is 5.91 Å². The molecule has 1 saturated heterocycles. The molecule has 0 saturated carbocycles. The Balaban J connectivity index is 1.18. The smallest absolute Gasteiger partial charge is 0.258 e. The van der Waals surface area contributed by atoms with Gasteiger partial charge in [-0.3, -0.25) is 15.0 Å². The summed E-state index contributed by atoms with van der Waals surface area (Å²) in [5.41, 5.74) is 2.37. The summed E-state index contributed by atoms with van der Waals surface area (Å²) in [6.45, 7) is 3.12. The summed E-state index contributed by atoms with van der Waals surface area (Å²) in [7, 11) is 0. The highest BCUT2D eigenvalue weighted by molar-refractivity contribution is 5.82. The van der Waals surface area contributed by atoms with Crippen LogP contribution in [0.25, 0.3) is 22.3 Å². The van der Waals surface area contributed by atoms with Crippen LogP contribution in [0.3, 0.4) is 0 Å². The second kappa shape index (κ2) is 8.31. The summed E-state index contributed by atoms with van der Waals surface area (Å²) in [6, 6.07) is 13.2. The molecule has 1 aliphatic heterocycles. The zero-order chi connectivity index (χ0) is 22.0. The van der Waals surface area contributed by atoms with Gasteiger partial charge >= 0.3 is 0 Å². The zero-order valence-electron chi connectivity index (χ0n) is 17.5. The number of carbonyl (C=O) groups excluding carboxylic acids is 1. The number of aromatic amines is 2. The van der Waals surface area contributed by atoms with Crippen molar-refractivity contribution in [2.24, 2.45) is 0 Å². The number of amides is 1. The Morgan fingerprint density at radius 3 is 2.91 bits per heavy atom. The number of H-pyrrole nitrogens is 2. The highest BCUT2D eigenvalue weighted by Crippen LogP contribution is 2.23. The maximum Gasteiger partial charge on any atom is 0.258 e. The zero-order valence-corrected chi connectivity index (χ0v) is 17.5. The van der Waals surface area contributed by atoms with Crippen LogP contribution in [0.5, 0.6) is 5.75 Å². The van der Waals surface area contributed by atoms with Crippen molar-refractivity contribution in [3.05, 3.63) is 48.7 Å². The first-order chi connectivity index (χ1) is 15.6. The van der Waals surface area contributed by atoms with Crippen LogP contribution in [-0.2, 0) is 9.53 Å². The molecule has 32 heavy (non-hydrogen) atoms. The first kappa shape index (κ1) is 20.0. The molecule has 1 fully saturated rings. The van der Waals surface area contributed by atoms with Crippen molar-refractivity contribution in [1.29, 1.82) is 0 Å². The Labute approximate surface area is 183 Å². The molecule has 10 nitrogen and oxygen atoms in total. The standard InChI is InChI=1S/C22H23N7O3/c1-22(8-9-31-13-22)26-19(30)12-32-17-5-2-14(3-6-17)20-25-21(29-28-20)24-16-4-7-18-15(10-16)11-23-27-18/h2-7,10-11H,8-9,12-13H2,1H3,(H,23,27)(H,26,30)(H2,24,25,28,29). The number of carbonyl (C=O) groups is 1. The lowest BCUT2D eigenvalue weighted by Crippen LogP contribution is -2.48. The molecule has 1 amide bonds. The monoisotopic (exact) mass is 433 g/mol. The number of hydrogen-bond donors (Lipinski definition) is 4. The Morgan fingerprint density at radius 1 is 1.22 bits per heavy atom. The van der Waals surface area contributed by atoms with Gasteiger partial charge in [0.05, 0.1) is 23.9 Å². The van der Waals surface area contributed by atoms with E-state index in [1.165, 1.54) is 0 Å². The average Bonchev–Trinajstić information content (AvgIpc) is 3.54. The van der Waals surface area contributed by atoms with Crippen molar-refractivity contribution in [3.63, 3.8) is 0 Å². The van der Waals surface area contributed by atoms with Crippen molar-refractivity contribution >= 4 is 28.4 Å². The quantitative estimate of drug-likeness (QED) is 0.353. The summed E-state index contributed by atoms with van der Waals surface area (Å²) in [5.74, 6) is 1.52. The van der Waals surface area contributed by atoms with Gasteiger partial charge in [-0.1, -0.05) is 0 Å². The molecule has 5 rings (SSSR count). The van der Waals surface area contributed by atoms with E-state index in [-0.39, 0.29) is 18.1 Å². The van der Waals surface area contributed by atoms with Crippen LogP contribution in [0.1, 0.15) is 13.3 Å². The molecule has 1 unspecified atom stereocenters. The molecule has 2 aromatic heterocycles. The molecule has 0 bridgehead atoms. The molecule has 0 spiro atoms. The fraction of sp³-hybridized carbons (Fsp3) is 0.273. The molecule has 10 heteroatoms. The van der Waals surface area contributed by atoms with Crippen LogP contribution < -0.4 is 15.4 Å². The van der Waals surface area contributed by atoms with E-state index < -0.39 is 0 Å². The summed E-state index contributed by atoms with van der Waals surface area (Å²) >= 11 is 0. The van der Waals surface area contributed by atoms with Crippen molar-refractivity contribution in [1.82, 2.24) is 30.7 Å². The molecule has 3 heterocycles. The summed E-state index contributed by atoms with van der Waals surface area (Å²) in [5, 5.41) is 21.2. The first-order valence-electron chi connectivity index (χ1n) is 10.3. The lowest BCUT2D eigenvalue weighted by atomic mass is 10.0. The van der Waals surface area contributed by atoms with E-state index >= 15 is 0 Å². The number of rotatable bonds is 7. The lowest BCUT2D eigenvalue weighted by Gasteiger charge is -2.23. The van der Waals surface area contributed by atoms with E-state index in [1.54, 1.807) is 18.3 Å². The van der Waals surface area contributed by atoms with Gasteiger partial charge in [0.1, 0.15) is 5.75 Å². The number of benzene rings is 2. The fourth-order valence-electron chi connectivity index (χ4n) is 3.59. The molecule has 4 aromatic rings. The van der Waals surface area contributed by atoms with Crippen LogP contribution >= 0.6 is 0 Å². The van der Waals surface area contributed by atoms with Crippen LogP contribution in [0.15, 0.2) is 48.7 Å². The Hall–Kier alpha value is -3.92. The van der Waals surface area contributed by atoms with E-state index in [1.807, 2.05) is 37.3 Å². The van der Waals surface area contributed by atoms with Gasteiger partial charge < -0.3 is 20.1 Å². The predicted octanol–water partition coefficient (Wildman–Crippen LogP) is 2.77. The maximum atomic E-state index is 12.1. The van der Waals surface area contributed by atoms with Crippen LogP contribution in [0, 0.1) is 0 Å². The first-order valence-corrected chi connectivity index (χ1v) is 10.3. The molecule has 0 aliphatic carbocycles. The average molecular weight is 433 g/mol. The number of aromatic nitrogens is 5. The molecular formula is C22H23N7O3. The molecule has 164 valence electrons. The minimum atomic E-state index is -0.313. The van der Waals surface area contributed by atoms with Gasteiger partial charge in [-0.15, -0.1) is 5.10 Å². The van der Waals surface area contributed by atoms with Gasteiger partial charge in [0, 0.05) is 23.2 Å². The predicted molar refractivity (Wildman–Crippen MR) is 119 cm³/mol. The molecule has 1 atom stereocenters. The van der Waals surface area contributed by atoms with Gasteiger partial charge in [0.2, 0.25) is 5.95 Å². The largest absolute Gasteiger partial charge is 0.484 e. The van der Waals surface area contributed by atoms with Gasteiger partial charge in [-0.05, 0) is 55.8 Å². The molecule has 1 aliphatic rings. The van der Waals surface area contributed by atoms with Gasteiger partial charge in [0.15, 0.2) is 12.4 Å². The van der Waals surface area contributed by atoms with Crippen molar-refractivity contribution in [3.8, 4) is 17.1 Å². The third-order valence-corrected chi connectivity index (χ3v) is 5.34. The normalized spacial score (nSPS) is 18.0. The Kier molecular flexibility index (Phi) is 5.20. The topological polar surface area (TPSA) is 130 Å². The van der Waals surface area contributed by atoms with Crippen LogP contribution in [0.4, 0.5) is 11.6 Å². The van der Waals surface area contributed by atoms with E-state index in [2.05, 4.69) is 36.0 Å². The van der Waals surface area contributed by atoms with Crippen LogP contribution in [0.2, 0.25) is 0 Å². The lowest BCUT2D eigenvalue weighted by molar-refractivity contribution is -0.124. The second-order valence-corrected chi connectivity index (χ2v) is 8.03. The summed E-state index contributed by atoms with van der Waals surface area (Å²) in [4.78, 5) is 16.6. The highest BCUT2D eigenvalue weighted by atomic mass is 16.5. The van der Waals surface area contributed by atoms with Crippen LogP contribution in [-0.4, -0.2) is 56.6 Å². The molecular weight excluding hydrogens is 410 g/mol. The highest BCUT2D eigenvalue weighted by Gasteiger charge is 2.31. The van der Waals surface area contributed by atoms with Crippen molar-refractivity contribution in [2.75, 3.05) is 25.1 Å². The third-order valence-electron chi connectivity index (χ3n) is 5.34. The van der Waals surface area contributed by atoms with E-state index in [9.17, 15) is 4.79 Å². The minimum absolute atomic E-state index is 0.0493. The van der Waals surface area contributed by atoms with Crippen molar-refractivity contribution in [2.45, 2.75) is 18.9 Å². The van der Waals surface area contributed by atoms with E-state index in [0.29, 0.717) is 30.7 Å². The Bertz CT molecular complexity index is 1230. The van der Waals surface area contributed by atoms with E-state index in [4.69, 9.17) is 9.47 Å². The number of nitrogens with one attached hydrogen (secondary N) is 4. The third kappa shape index (κ3) is 4.40. The number of hydrogen-bond acceptors (Lipinski definition) is 7. The van der Waals surface area contributed by atoms with E-state index in [0.717, 1.165) is 28.6 Å².